The van der Waals surface area contributed by atoms with E-state index in [4.69, 9.17) is 5.73 Å². The summed E-state index contributed by atoms with van der Waals surface area (Å²) < 4.78 is 22.1. The number of rotatable bonds is 5. The van der Waals surface area contributed by atoms with Gasteiger partial charge < -0.3 is 5.73 Å². The molecule has 0 aromatic carbocycles. The van der Waals surface area contributed by atoms with Gasteiger partial charge >= 0.3 is 0 Å². The summed E-state index contributed by atoms with van der Waals surface area (Å²) in [7, 11) is -2.81. The second-order valence-corrected chi connectivity index (χ2v) is 6.72. The van der Waals surface area contributed by atoms with Gasteiger partial charge in [-0.2, -0.15) is 0 Å². The lowest BCUT2D eigenvalue weighted by Gasteiger charge is -2.20. The molecule has 3 nitrogen and oxygen atoms in total. The average Bonchev–Trinajstić information content (AvgIpc) is 2.56. The third-order valence-electron chi connectivity index (χ3n) is 3.23. The molecular formula is C10H21NO2S. The van der Waals surface area contributed by atoms with Gasteiger partial charge in [-0.05, 0) is 24.8 Å². The topological polar surface area (TPSA) is 60.2 Å². The van der Waals surface area contributed by atoms with Crippen LogP contribution in [-0.4, -0.2) is 27.0 Å². The summed E-state index contributed by atoms with van der Waals surface area (Å²) in [4.78, 5) is 0. The molecule has 0 heterocycles. The van der Waals surface area contributed by atoms with Gasteiger partial charge in [-0.3, -0.25) is 0 Å². The van der Waals surface area contributed by atoms with Crippen molar-refractivity contribution >= 4 is 9.84 Å². The van der Waals surface area contributed by atoms with Crippen LogP contribution in [0.3, 0.4) is 0 Å². The van der Waals surface area contributed by atoms with E-state index < -0.39 is 9.84 Å². The summed E-state index contributed by atoms with van der Waals surface area (Å²) in [6, 6.07) is 0. The van der Waals surface area contributed by atoms with Gasteiger partial charge in [-0.15, -0.1) is 0 Å². The van der Waals surface area contributed by atoms with Gasteiger partial charge in [0.05, 0.1) is 5.75 Å². The molecule has 1 rings (SSSR count). The maximum absolute atomic E-state index is 11.0. The van der Waals surface area contributed by atoms with E-state index in [1.807, 2.05) is 0 Å². The third-order valence-corrected chi connectivity index (χ3v) is 4.21. The summed E-state index contributed by atoms with van der Waals surface area (Å²) >= 11 is 0. The second-order valence-electron chi connectivity index (χ2n) is 4.46. The van der Waals surface area contributed by atoms with E-state index >= 15 is 0 Å². The summed E-state index contributed by atoms with van der Waals surface area (Å²) in [5.41, 5.74) is 5.69. The van der Waals surface area contributed by atoms with E-state index in [9.17, 15) is 8.42 Å². The summed E-state index contributed by atoms with van der Waals surface area (Å²) in [6.45, 7) is 0.639. The Labute approximate surface area is 87.0 Å². The Morgan fingerprint density at radius 1 is 1.36 bits per heavy atom. The van der Waals surface area contributed by atoms with Crippen LogP contribution in [-0.2, 0) is 9.84 Å². The Bertz CT molecular complexity index is 255. The molecule has 1 aliphatic rings. The van der Waals surface area contributed by atoms with Crippen LogP contribution in [0, 0.1) is 11.8 Å². The minimum atomic E-state index is -2.81. The van der Waals surface area contributed by atoms with Gasteiger partial charge in [0.2, 0.25) is 0 Å². The Morgan fingerprint density at radius 2 is 1.93 bits per heavy atom. The Morgan fingerprint density at radius 3 is 2.36 bits per heavy atom. The molecule has 0 spiro atoms. The normalized spacial score (nSPS) is 21.3. The SMILES string of the molecule is CS(=O)(=O)CCC(CN)C1CCCC1. The van der Waals surface area contributed by atoms with Crippen molar-refractivity contribution < 1.29 is 8.42 Å². The monoisotopic (exact) mass is 219 g/mol. The molecule has 14 heavy (non-hydrogen) atoms. The summed E-state index contributed by atoms with van der Waals surface area (Å²) in [5, 5.41) is 0. The Balaban J connectivity index is 2.38. The van der Waals surface area contributed by atoms with E-state index in [1.165, 1.54) is 31.9 Å². The predicted molar refractivity (Wildman–Crippen MR) is 58.8 cm³/mol. The van der Waals surface area contributed by atoms with Crippen LogP contribution in [0.25, 0.3) is 0 Å². The average molecular weight is 219 g/mol. The molecule has 1 saturated carbocycles. The number of hydrogen-bond donors (Lipinski definition) is 1. The fraction of sp³-hybridized carbons (Fsp3) is 1.00. The third kappa shape index (κ3) is 3.96. The van der Waals surface area contributed by atoms with Gasteiger partial charge in [-0.1, -0.05) is 25.7 Å². The highest BCUT2D eigenvalue weighted by atomic mass is 32.2. The second kappa shape index (κ2) is 5.12. The summed E-state index contributed by atoms with van der Waals surface area (Å²) in [5.74, 6) is 1.40. The van der Waals surface area contributed by atoms with Crippen molar-refractivity contribution in [2.75, 3.05) is 18.6 Å². The van der Waals surface area contributed by atoms with Gasteiger partial charge in [-0.25, -0.2) is 8.42 Å². The standard InChI is InChI=1S/C10H21NO2S/c1-14(12,13)7-6-10(8-11)9-4-2-3-5-9/h9-10H,2-8,11H2,1H3. The molecule has 0 aliphatic heterocycles. The molecule has 0 aromatic rings. The predicted octanol–water partition coefficient (Wildman–Crippen LogP) is 1.19. The van der Waals surface area contributed by atoms with Gasteiger partial charge in [0.15, 0.2) is 0 Å². The summed E-state index contributed by atoms with van der Waals surface area (Å²) in [6.07, 6.45) is 7.12. The van der Waals surface area contributed by atoms with Gasteiger partial charge in [0.1, 0.15) is 9.84 Å². The lowest BCUT2D eigenvalue weighted by atomic mass is 9.89. The van der Waals surface area contributed by atoms with Crippen LogP contribution in [0.4, 0.5) is 0 Å². The van der Waals surface area contributed by atoms with Crippen LogP contribution in [0.2, 0.25) is 0 Å². The molecule has 0 saturated heterocycles. The molecule has 1 atom stereocenters. The van der Waals surface area contributed by atoms with Crippen molar-refractivity contribution in [2.24, 2.45) is 17.6 Å². The zero-order valence-corrected chi connectivity index (χ0v) is 9.72. The Kier molecular flexibility index (Phi) is 4.38. The maximum Gasteiger partial charge on any atom is 0.147 e. The van der Waals surface area contributed by atoms with Crippen molar-refractivity contribution in [3.63, 3.8) is 0 Å². The van der Waals surface area contributed by atoms with Gasteiger partial charge in [0, 0.05) is 6.26 Å². The number of hydrogen-bond acceptors (Lipinski definition) is 3. The van der Waals surface area contributed by atoms with Crippen LogP contribution < -0.4 is 5.73 Å². The molecule has 1 aliphatic carbocycles. The van der Waals surface area contributed by atoms with Crippen molar-refractivity contribution in [3.8, 4) is 0 Å². The van der Waals surface area contributed by atoms with Crippen molar-refractivity contribution in [1.82, 2.24) is 0 Å². The van der Waals surface area contributed by atoms with Crippen LogP contribution in [0.15, 0.2) is 0 Å². The zero-order chi connectivity index (χ0) is 10.6. The number of sulfone groups is 1. The Hall–Kier alpha value is -0.0900. The minimum Gasteiger partial charge on any atom is -0.330 e. The minimum absolute atomic E-state index is 0.297. The highest BCUT2D eigenvalue weighted by molar-refractivity contribution is 7.90. The van der Waals surface area contributed by atoms with Crippen molar-refractivity contribution in [1.29, 1.82) is 0 Å². The molecule has 2 N–H and O–H groups in total. The van der Waals surface area contributed by atoms with Gasteiger partial charge in [0.25, 0.3) is 0 Å². The molecule has 0 amide bonds. The molecular weight excluding hydrogens is 198 g/mol. The molecule has 4 heteroatoms. The van der Waals surface area contributed by atoms with Crippen molar-refractivity contribution in [3.05, 3.63) is 0 Å². The smallest absolute Gasteiger partial charge is 0.147 e. The first kappa shape index (κ1) is 12.0. The number of nitrogens with two attached hydrogens (primary N) is 1. The van der Waals surface area contributed by atoms with E-state index in [0.717, 1.165) is 6.42 Å². The van der Waals surface area contributed by atoms with E-state index in [1.54, 1.807) is 0 Å². The zero-order valence-electron chi connectivity index (χ0n) is 8.91. The first-order chi connectivity index (χ1) is 6.53. The fourth-order valence-corrected chi connectivity index (χ4v) is 3.07. The molecule has 84 valence electrons. The first-order valence-corrected chi connectivity index (χ1v) is 7.47. The van der Waals surface area contributed by atoms with Crippen LogP contribution >= 0.6 is 0 Å². The molecule has 1 unspecified atom stereocenters. The highest BCUT2D eigenvalue weighted by Gasteiger charge is 2.24. The van der Waals surface area contributed by atoms with E-state index in [0.29, 0.717) is 24.1 Å². The highest BCUT2D eigenvalue weighted by Crippen LogP contribution is 2.32. The van der Waals surface area contributed by atoms with Crippen molar-refractivity contribution in [2.45, 2.75) is 32.1 Å². The largest absolute Gasteiger partial charge is 0.330 e. The first-order valence-electron chi connectivity index (χ1n) is 5.40. The van der Waals surface area contributed by atoms with E-state index in [2.05, 4.69) is 0 Å². The molecule has 0 radical (unpaired) electrons. The molecule has 1 fully saturated rings. The fourth-order valence-electron chi connectivity index (χ4n) is 2.34. The maximum atomic E-state index is 11.0. The molecule has 0 bridgehead atoms. The quantitative estimate of drug-likeness (QED) is 0.755. The van der Waals surface area contributed by atoms with Crippen LogP contribution in [0.1, 0.15) is 32.1 Å². The lowest BCUT2D eigenvalue weighted by molar-refractivity contribution is 0.338. The van der Waals surface area contributed by atoms with Crippen LogP contribution in [0.5, 0.6) is 0 Å². The van der Waals surface area contributed by atoms with E-state index in [-0.39, 0.29) is 0 Å². The molecule has 0 aromatic heterocycles. The lowest BCUT2D eigenvalue weighted by Crippen LogP contribution is -2.24.